The predicted octanol–water partition coefficient (Wildman–Crippen LogP) is 2.90. The van der Waals surface area contributed by atoms with E-state index >= 15 is 0 Å². The fourth-order valence-corrected chi connectivity index (χ4v) is 0.663. The summed E-state index contributed by atoms with van der Waals surface area (Å²) in [5, 5.41) is 0. The van der Waals surface area contributed by atoms with Gasteiger partial charge in [0.1, 0.15) is 5.78 Å². The van der Waals surface area contributed by atoms with Gasteiger partial charge < -0.3 is 4.79 Å². The summed E-state index contributed by atoms with van der Waals surface area (Å²) in [5.41, 5.74) is 2.74. The van der Waals surface area contributed by atoms with Crippen LogP contribution in [-0.2, 0) is 4.79 Å². The van der Waals surface area contributed by atoms with Gasteiger partial charge in [-0.15, -0.1) is 0 Å². The second-order valence-electron chi connectivity index (χ2n) is 2.99. The minimum atomic E-state index is 0.167. The molecule has 0 atom stereocenters. The molecular formula is C11H16O. The van der Waals surface area contributed by atoms with Gasteiger partial charge in [-0.3, -0.25) is 0 Å². The lowest BCUT2D eigenvalue weighted by atomic mass is 10.1. The number of aryl methyl sites for hydroxylation is 2. The number of ketones is 1. The molecule has 0 aliphatic rings. The zero-order chi connectivity index (χ0) is 9.56. The summed E-state index contributed by atoms with van der Waals surface area (Å²) in [6, 6.07) is 8.36. The molecule has 0 heterocycles. The summed E-state index contributed by atoms with van der Waals surface area (Å²) in [6.45, 7) is 7.30. The molecule has 1 aromatic carbocycles. The van der Waals surface area contributed by atoms with E-state index in [4.69, 9.17) is 0 Å². The van der Waals surface area contributed by atoms with Crippen molar-refractivity contribution >= 4 is 5.78 Å². The molecule has 0 saturated heterocycles. The standard InChI is InChI=1S/C8H10.C3H6O/c1-7-5-3-4-6-8(7)2;1-3(2)4/h3-6H,1-2H3;1-2H3. The Morgan fingerprint density at radius 1 is 1.00 bits per heavy atom. The van der Waals surface area contributed by atoms with Crippen molar-refractivity contribution in [1.82, 2.24) is 0 Å². The zero-order valence-electron chi connectivity index (χ0n) is 8.22. The largest absolute Gasteiger partial charge is 0.300 e. The molecule has 0 saturated carbocycles. The maximum absolute atomic E-state index is 9.44. The summed E-state index contributed by atoms with van der Waals surface area (Å²) >= 11 is 0. The van der Waals surface area contributed by atoms with E-state index in [1.54, 1.807) is 0 Å². The third-order valence-electron chi connectivity index (χ3n) is 1.43. The van der Waals surface area contributed by atoms with Gasteiger partial charge in [0.05, 0.1) is 0 Å². The molecule has 1 nitrogen and oxygen atoms in total. The summed E-state index contributed by atoms with van der Waals surface area (Å²) in [6.07, 6.45) is 0. The van der Waals surface area contributed by atoms with Gasteiger partial charge in [-0.2, -0.15) is 0 Å². The van der Waals surface area contributed by atoms with Crippen LogP contribution in [0.1, 0.15) is 25.0 Å². The second-order valence-corrected chi connectivity index (χ2v) is 2.99. The normalized spacial score (nSPS) is 8.33. The predicted molar refractivity (Wildman–Crippen MR) is 52.3 cm³/mol. The molecule has 1 heteroatoms. The molecule has 0 amide bonds. The first-order valence-corrected chi connectivity index (χ1v) is 4.03. The Kier molecular flexibility index (Phi) is 5.02. The molecule has 0 N–H and O–H groups in total. The molecule has 1 aromatic rings. The van der Waals surface area contributed by atoms with Crippen molar-refractivity contribution in [2.24, 2.45) is 0 Å². The lowest BCUT2D eigenvalue weighted by Gasteiger charge is -1.93. The van der Waals surface area contributed by atoms with Crippen LogP contribution >= 0.6 is 0 Å². The minimum absolute atomic E-state index is 0.167. The SMILES string of the molecule is CC(C)=O.Cc1ccccc1C. The highest BCUT2D eigenvalue weighted by molar-refractivity contribution is 5.72. The quantitative estimate of drug-likeness (QED) is 0.576. The first kappa shape index (κ1) is 10.9. The van der Waals surface area contributed by atoms with E-state index in [9.17, 15) is 4.79 Å². The van der Waals surface area contributed by atoms with Crippen LogP contribution in [0, 0.1) is 13.8 Å². The summed E-state index contributed by atoms with van der Waals surface area (Å²) in [4.78, 5) is 9.44. The van der Waals surface area contributed by atoms with E-state index in [0.717, 1.165) is 0 Å². The number of rotatable bonds is 0. The topological polar surface area (TPSA) is 17.1 Å². The lowest BCUT2D eigenvalue weighted by Crippen LogP contribution is -1.74. The van der Waals surface area contributed by atoms with Crippen LogP contribution in [0.3, 0.4) is 0 Å². The lowest BCUT2D eigenvalue weighted by molar-refractivity contribution is -0.114. The Labute approximate surface area is 74.4 Å². The first-order valence-electron chi connectivity index (χ1n) is 4.03. The van der Waals surface area contributed by atoms with Gasteiger partial charge in [-0.05, 0) is 38.8 Å². The molecule has 0 spiro atoms. The Balaban J connectivity index is 0.000000261. The van der Waals surface area contributed by atoms with E-state index in [1.807, 2.05) is 0 Å². The third kappa shape index (κ3) is 5.66. The Bertz CT molecular complexity index is 226. The second kappa shape index (κ2) is 5.53. The van der Waals surface area contributed by atoms with E-state index in [2.05, 4.69) is 38.1 Å². The minimum Gasteiger partial charge on any atom is -0.300 e. The molecule has 0 aliphatic heterocycles. The van der Waals surface area contributed by atoms with Crippen molar-refractivity contribution in [1.29, 1.82) is 0 Å². The molecule has 0 fully saturated rings. The number of hydrogen-bond donors (Lipinski definition) is 0. The van der Waals surface area contributed by atoms with E-state index in [-0.39, 0.29) is 5.78 Å². The molecular weight excluding hydrogens is 148 g/mol. The molecule has 0 unspecified atom stereocenters. The highest BCUT2D eigenvalue weighted by Crippen LogP contribution is 2.02. The maximum atomic E-state index is 9.44. The Morgan fingerprint density at radius 3 is 1.42 bits per heavy atom. The van der Waals surface area contributed by atoms with Crippen LogP contribution in [0.2, 0.25) is 0 Å². The molecule has 0 aliphatic carbocycles. The van der Waals surface area contributed by atoms with Crippen molar-refractivity contribution < 1.29 is 4.79 Å². The van der Waals surface area contributed by atoms with Crippen LogP contribution in [0.15, 0.2) is 24.3 Å². The van der Waals surface area contributed by atoms with Crippen molar-refractivity contribution in [2.45, 2.75) is 27.7 Å². The monoisotopic (exact) mass is 164 g/mol. The maximum Gasteiger partial charge on any atom is 0.126 e. The molecule has 0 bridgehead atoms. The smallest absolute Gasteiger partial charge is 0.126 e. The number of hydrogen-bond acceptors (Lipinski definition) is 1. The Morgan fingerprint density at radius 2 is 1.25 bits per heavy atom. The van der Waals surface area contributed by atoms with Crippen molar-refractivity contribution in [3.05, 3.63) is 35.4 Å². The fraction of sp³-hybridized carbons (Fsp3) is 0.364. The number of benzene rings is 1. The molecule has 0 aromatic heterocycles. The van der Waals surface area contributed by atoms with Crippen LogP contribution < -0.4 is 0 Å². The van der Waals surface area contributed by atoms with Crippen molar-refractivity contribution in [3.8, 4) is 0 Å². The average Bonchev–Trinajstić information content (AvgIpc) is 1.94. The number of carbonyl (C=O) groups is 1. The van der Waals surface area contributed by atoms with Gasteiger partial charge in [0.2, 0.25) is 0 Å². The van der Waals surface area contributed by atoms with Gasteiger partial charge >= 0.3 is 0 Å². The molecule has 66 valence electrons. The van der Waals surface area contributed by atoms with Crippen LogP contribution in [0.4, 0.5) is 0 Å². The van der Waals surface area contributed by atoms with Crippen LogP contribution in [-0.4, -0.2) is 5.78 Å². The summed E-state index contributed by atoms with van der Waals surface area (Å²) in [7, 11) is 0. The van der Waals surface area contributed by atoms with Crippen molar-refractivity contribution in [3.63, 3.8) is 0 Å². The van der Waals surface area contributed by atoms with Gasteiger partial charge in [-0.1, -0.05) is 24.3 Å². The zero-order valence-corrected chi connectivity index (χ0v) is 8.22. The Hall–Kier alpha value is -1.11. The van der Waals surface area contributed by atoms with Gasteiger partial charge in [0, 0.05) is 0 Å². The van der Waals surface area contributed by atoms with Crippen molar-refractivity contribution in [2.75, 3.05) is 0 Å². The number of carbonyl (C=O) groups excluding carboxylic acids is 1. The fourth-order valence-electron chi connectivity index (χ4n) is 0.663. The third-order valence-corrected chi connectivity index (χ3v) is 1.43. The van der Waals surface area contributed by atoms with Crippen LogP contribution in [0.5, 0.6) is 0 Å². The van der Waals surface area contributed by atoms with Gasteiger partial charge in [0.25, 0.3) is 0 Å². The van der Waals surface area contributed by atoms with E-state index in [1.165, 1.54) is 25.0 Å². The van der Waals surface area contributed by atoms with Gasteiger partial charge in [0.15, 0.2) is 0 Å². The summed E-state index contributed by atoms with van der Waals surface area (Å²) in [5.74, 6) is 0.167. The summed E-state index contributed by atoms with van der Waals surface area (Å²) < 4.78 is 0. The molecule has 1 rings (SSSR count). The van der Waals surface area contributed by atoms with Crippen LogP contribution in [0.25, 0.3) is 0 Å². The molecule has 12 heavy (non-hydrogen) atoms. The van der Waals surface area contributed by atoms with E-state index < -0.39 is 0 Å². The number of Topliss-reactive ketones (excluding diaryl/α,β-unsaturated/α-hetero) is 1. The highest BCUT2D eigenvalue weighted by Gasteiger charge is 1.83. The molecule has 0 radical (unpaired) electrons. The first-order chi connectivity index (χ1) is 5.54. The van der Waals surface area contributed by atoms with Gasteiger partial charge in [-0.25, -0.2) is 0 Å². The van der Waals surface area contributed by atoms with E-state index in [0.29, 0.717) is 0 Å². The highest BCUT2D eigenvalue weighted by atomic mass is 16.1. The average molecular weight is 164 g/mol.